The van der Waals surface area contributed by atoms with Crippen LogP contribution in [-0.4, -0.2) is 15.5 Å². The van der Waals surface area contributed by atoms with Gasteiger partial charge in [0.15, 0.2) is 0 Å². The molecule has 0 aliphatic heterocycles. The third-order valence-corrected chi connectivity index (χ3v) is 5.35. The van der Waals surface area contributed by atoms with Crippen molar-refractivity contribution in [2.24, 2.45) is 0 Å². The lowest BCUT2D eigenvalue weighted by atomic mass is 10.1. The van der Waals surface area contributed by atoms with Crippen molar-refractivity contribution >= 4 is 22.5 Å². The first-order valence-electron chi connectivity index (χ1n) is 9.81. The van der Waals surface area contributed by atoms with Crippen LogP contribution in [0.2, 0.25) is 0 Å². The van der Waals surface area contributed by atoms with Crippen molar-refractivity contribution in [2.75, 3.05) is 5.32 Å². The Morgan fingerprint density at radius 3 is 2.39 bits per heavy atom. The highest BCUT2D eigenvalue weighted by atomic mass is 16.1. The Hall–Kier alpha value is -2.95. The monoisotopic (exact) mass is 375 g/mol. The second kappa shape index (κ2) is 6.89. The van der Waals surface area contributed by atoms with Gasteiger partial charge in [-0.05, 0) is 61.1 Å². The normalized spacial score (nSPS) is 13.9. The summed E-state index contributed by atoms with van der Waals surface area (Å²) in [4.78, 5) is 29.7. The van der Waals surface area contributed by atoms with Gasteiger partial charge in [-0.25, -0.2) is 4.98 Å². The van der Waals surface area contributed by atoms with Crippen LogP contribution < -0.4 is 10.9 Å². The molecule has 3 aromatic rings. The Morgan fingerprint density at radius 1 is 1.14 bits per heavy atom. The van der Waals surface area contributed by atoms with Gasteiger partial charge in [-0.3, -0.25) is 14.2 Å². The number of anilines is 1. The van der Waals surface area contributed by atoms with E-state index in [1.165, 1.54) is 25.3 Å². The number of nitrogens with zero attached hydrogens (tertiary/aromatic N) is 2. The number of aryl methyl sites for hydroxylation is 1. The standard InChI is InChI=1S/C23H25N3O2/c1-13(2)22-25-21-14(3)20(24-15(4)27)12-11-19(21)23(28)26(22)18-9-7-17(8-10-18)16-5-6-16/h7-13,16H,5-6H2,1-4H3,(H,24,27). The van der Waals surface area contributed by atoms with Crippen LogP contribution in [0.3, 0.4) is 0 Å². The van der Waals surface area contributed by atoms with E-state index in [2.05, 4.69) is 17.4 Å². The molecule has 1 aromatic heterocycles. The summed E-state index contributed by atoms with van der Waals surface area (Å²) >= 11 is 0. The van der Waals surface area contributed by atoms with Gasteiger partial charge < -0.3 is 5.32 Å². The molecule has 0 atom stereocenters. The molecule has 1 saturated carbocycles. The zero-order chi connectivity index (χ0) is 20.0. The van der Waals surface area contributed by atoms with E-state index in [9.17, 15) is 9.59 Å². The fourth-order valence-electron chi connectivity index (χ4n) is 3.68. The molecule has 0 bridgehead atoms. The number of fused-ring (bicyclic) bond motifs is 1. The lowest BCUT2D eigenvalue weighted by Gasteiger charge is -2.18. The molecule has 1 fully saturated rings. The van der Waals surface area contributed by atoms with Crippen LogP contribution in [0.4, 0.5) is 5.69 Å². The van der Waals surface area contributed by atoms with Crippen LogP contribution in [0, 0.1) is 6.92 Å². The summed E-state index contributed by atoms with van der Waals surface area (Å²) in [6.07, 6.45) is 2.51. The molecule has 0 spiro atoms. The summed E-state index contributed by atoms with van der Waals surface area (Å²) in [6.45, 7) is 7.43. The molecule has 0 saturated heterocycles. The second-order valence-electron chi connectivity index (χ2n) is 7.95. The van der Waals surface area contributed by atoms with E-state index >= 15 is 0 Å². The van der Waals surface area contributed by atoms with Crippen molar-refractivity contribution in [1.29, 1.82) is 0 Å². The van der Waals surface area contributed by atoms with Crippen molar-refractivity contribution in [3.8, 4) is 5.69 Å². The molecule has 2 aromatic carbocycles. The summed E-state index contributed by atoms with van der Waals surface area (Å²) in [5.41, 5.74) is 4.25. The van der Waals surface area contributed by atoms with Crippen molar-refractivity contribution in [3.63, 3.8) is 0 Å². The molecule has 0 unspecified atom stereocenters. The highest BCUT2D eigenvalue weighted by Gasteiger charge is 2.23. The number of amides is 1. The van der Waals surface area contributed by atoms with Crippen LogP contribution in [0.1, 0.15) is 62.4 Å². The van der Waals surface area contributed by atoms with Gasteiger partial charge in [0.25, 0.3) is 5.56 Å². The minimum atomic E-state index is -0.143. The highest BCUT2D eigenvalue weighted by molar-refractivity contribution is 5.94. The van der Waals surface area contributed by atoms with E-state index in [0.717, 1.165) is 17.1 Å². The number of rotatable bonds is 4. The zero-order valence-electron chi connectivity index (χ0n) is 16.7. The molecule has 1 amide bonds. The van der Waals surface area contributed by atoms with E-state index in [0.29, 0.717) is 22.5 Å². The first kappa shape index (κ1) is 18.4. The van der Waals surface area contributed by atoms with Gasteiger partial charge in [0, 0.05) is 18.5 Å². The minimum Gasteiger partial charge on any atom is -0.326 e. The Balaban J connectivity index is 1.93. The maximum atomic E-state index is 13.4. The van der Waals surface area contributed by atoms with Crippen molar-refractivity contribution in [1.82, 2.24) is 9.55 Å². The molecule has 0 radical (unpaired) electrons. The number of hydrogen-bond donors (Lipinski definition) is 1. The van der Waals surface area contributed by atoms with Gasteiger partial charge in [0.05, 0.1) is 16.6 Å². The predicted octanol–water partition coefficient (Wildman–Crippen LogP) is 4.65. The maximum Gasteiger partial charge on any atom is 0.265 e. The van der Waals surface area contributed by atoms with E-state index in [1.54, 1.807) is 16.7 Å². The first-order chi connectivity index (χ1) is 13.4. The van der Waals surface area contributed by atoms with Crippen molar-refractivity contribution < 1.29 is 4.79 Å². The van der Waals surface area contributed by atoms with E-state index in [1.807, 2.05) is 32.9 Å². The molecule has 1 N–H and O–H groups in total. The van der Waals surface area contributed by atoms with Gasteiger partial charge >= 0.3 is 0 Å². The summed E-state index contributed by atoms with van der Waals surface area (Å²) in [5, 5.41) is 3.37. The van der Waals surface area contributed by atoms with Gasteiger partial charge in [-0.1, -0.05) is 26.0 Å². The molecule has 28 heavy (non-hydrogen) atoms. The van der Waals surface area contributed by atoms with Crippen LogP contribution in [0.15, 0.2) is 41.2 Å². The summed E-state index contributed by atoms with van der Waals surface area (Å²) in [7, 11) is 0. The van der Waals surface area contributed by atoms with Gasteiger partial charge in [-0.2, -0.15) is 0 Å². The number of benzene rings is 2. The largest absolute Gasteiger partial charge is 0.326 e. The highest BCUT2D eigenvalue weighted by Crippen LogP contribution is 2.40. The molecule has 1 aliphatic carbocycles. The Labute approximate surface area is 164 Å². The fraction of sp³-hybridized carbons (Fsp3) is 0.348. The molecule has 4 rings (SSSR count). The smallest absolute Gasteiger partial charge is 0.265 e. The number of hydrogen-bond acceptors (Lipinski definition) is 3. The molecule has 5 heteroatoms. The fourth-order valence-corrected chi connectivity index (χ4v) is 3.68. The third-order valence-electron chi connectivity index (χ3n) is 5.35. The summed E-state index contributed by atoms with van der Waals surface area (Å²) < 4.78 is 1.72. The number of carbonyl (C=O) groups is 1. The Morgan fingerprint density at radius 2 is 1.82 bits per heavy atom. The quantitative estimate of drug-likeness (QED) is 0.722. The van der Waals surface area contributed by atoms with E-state index < -0.39 is 0 Å². The van der Waals surface area contributed by atoms with Crippen LogP contribution >= 0.6 is 0 Å². The average molecular weight is 375 g/mol. The molecule has 1 heterocycles. The summed E-state index contributed by atoms with van der Waals surface area (Å²) in [6, 6.07) is 11.8. The van der Waals surface area contributed by atoms with Crippen LogP contribution in [0.5, 0.6) is 0 Å². The van der Waals surface area contributed by atoms with Crippen molar-refractivity contribution in [3.05, 3.63) is 63.7 Å². The first-order valence-corrected chi connectivity index (χ1v) is 9.81. The maximum absolute atomic E-state index is 13.4. The predicted molar refractivity (Wildman–Crippen MR) is 112 cm³/mol. The molecular weight excluding hydrogens is 350 g/mol. The van der Waals surface area contributed by atoms with Gasteiger partial charge in [0.1, 0.15) is 5.82 Å². The molecular formula is C23H25N3O2. The number of nitrogens with one attached hydrogen (secondary N) is 1. The molecule has 144 valence electrons. The topological polar surface area (TPSA) is 64.0 Å². The minimum absolute atomic E-state index is 0.0732. The lowest BCUT2D eigenvalue weighted by molar-refractivity contribution is -0.114. The Bertz CT molecular complexity index is 1120. The zero-order valence-corrected chi connectivity index (χ0v) is 16.7. The number of aromatic nitrogens is 2. The second-order valence-corrected chi connectivity index (χ2v) is 7.95. The van der Waals surface area contributed by atoms with E-state index in [-0.39, 0.29) is 17.4 Å². The molecule has 5 nitrogen and oxygen atoms in total. The van der Waals surface area contributed by atoms with Crippen LogP contribution in [0.25, 0.3) is 16.6 Å². The average Bonchev–Trinajstić information content (AvgIpc) is 3.49. The van der Waals surface area contributed by atoms with Crippen molar-refractivity contribution in [2.45, 2.75) is 52.4 Å². The van der Waals surface area contributed by atoms with Crippen LogP contribution in [-0.2, 0) is 4.79 Å². The SMILES string of the molecule is CC(=O)Nc1ccc2c(=O)n(-c3ccc(C4CC4)cc3)c(C(C)C)nc2c1C. The Kier molecular flexibility index (Phi) is 4.53. The van der Waals surface area contributed by atoms with E-state index in [4.69, 9.17) is 4.98 Å². The third kappa shape index (κ3) is 3.21. The van der Waals surface area contributed by atoms with Gasteiger partial charge in [0.2, 0.25) is 5.91 Å². The molecule has 1 aliphatic rings. The van der Waals surface area contributed by atoms with Gasteiger partial charge in [-0.15, -0.1) is 0 Å². The summed E-state index contributed by atoms with van der Waals surface area (Å²) in [5.74, 6) is 1.33. The number of carbonyl (C=O) groups excluding carboxylic acids is 1. The lowest BCUT2D eigenvalue weighted by Crippen LogP contribution is -2.25.